The van der Waals surface area contributed by atoms with Crippen molar-refractivity contribution >= 4 is 13.7 Å². The summed E-state index contributed by atoms with van der Waals surface area (Å²) >= 11 is 0. The van der Waals surface area contributed by atoms with Crippen molar-refractivity contribution < 1.29 is 19.9 Å². The average molecular weight is 163 g/mol. The van der Waals surface area contributed by atoms with E-state index in [2.05, 4.69) is 0 Å². The lowest BCUT2D eigenvalue weighted by atomic mass is 10.3. The molecule has 1 unspecified atom stereocenters. The Labute approximate surface area is 66.6 Å². The van der Waals surface area contributed by atoms with Crippen LogP contribution in [0.1, 0.15) is 6.92 Å². The van der Waals surface area contributed by atoms with Gasteiger partial charge < -0.3 is 15.2 Å². The summed E-state index contributed by atoms with van der Waals surface area (Å²) in [4.78, 5) is 11.7. The van der Waals surface area contributed by atoms with Gasteiger partial charge in [0.2, 0.25) is 0 Å². The van der Waals surface area contributed by atoms with Crippen molar-refractivity contribution in [1.82, 2.24) is 4.90 Å². The minimum Gasteiger partial charge on any atom is -0.480 e. The van der Waals surface area contributed by atoms with Crippen LogP contribution in [0.25, 0.3) is 0 Å². The van der Waals surface area contributed by atoms with Gasteiger partial charge in [-0.25, -0.2) is 0 Å². The second-order valence-electron chi connectivity index (χ2n) is 2.12. The van der Waals surface area contributed by atoms with Crippen LogP contribution in [0.4, 0.5) is 0 Å². The molecule has 0 aliphatic rings. The molecule has 11 heavy (non-hydrogen) atoms. The van der Waals surface area contributed by atoms with E-state index in [9.17, 15) is 4.79 Å². The number of likely N-dealkylation sites (N-methyl/N-ethyl adjacent to an activating group) is 1. The lowest BCUT2D eigenvalue weighted by Crippen LogP contribution is -2.32. The van der Waals surface area contributed by atoms with Crippen LogP contribution in [-0.4, -0.2) is 53.8 Å². The fourth-order valence-electron chi connectivity index (χ4n) is 0.221. The molecule has 0 aromatic rings. The van der Waals surface area contributed by atoms with E-state index in [1.807, 2.05) is 0 Å². The lowest BCUT2D eigenvalue weighted by molar-refractivity contribution is -0.141. The molecule has 0 amide bonds. The van der Waals surface area contributed by atoms with E-state index in [-0.39, 0.29) is 6.04 Å². The van der Waals surface area contributed by atoms with Gasteiger partial charge in [0.1, 0.15) is 6.04 Å². The normalized spacial score (nSPS) is 11.5. The summed E-state index contributed by atoms with van der Waals surface area (Å²) in [6.07, 6.45) is 0. The molecule has 0 heterocycles. The van der Waals surface area contributed by atoms with E-state index in [4.69, 9.17) is 15.2 Å². The van der Waals surface area contributed by atoms with Gasteiger partial charge in [-0.05, 0) is 21.0 Å². The zero-order valence-corrected chi connectivity index (χ0v) is 6.98. The smallest absolute Gasteiger partial charge is 0.432 e. The van der Waals surface area contributed by atoms with Gasteiger partial charge in [-0.2, -0.15) is 0 Å². The molecule has 0 spiro atoms. The minimum atomic E-state index is -0.782. The van der Waals surface area contributed by atoms with Gasteiger partial charge in [0, 0.05) is 0 Å². The number of nitrogens with zero attached hydrogens (tertiary/aromatic N) is 1. The number of aliphatic carboxylic acids is 1. The standard InChI is InChI=1S/C5H11NO2.BH3O2/c1-4(5(7)8)6(2)3;2-1-3/h4H,1-3H3,(H,7,8);1-3H. The first kappa shape index (κ1) is 13.0. The molecule has 3 N–H and O–H groups in total. The molecule has 66 valence electrons. The van der Waals surface area contributed by atoms with Crippen LogP contribution in [0.15, 0.2) is 0 Å². The Bertz CT molecular complexity index is 109. The molecule has 0 aromatic heterocycles. The second-order valence-corrected chi connectivity index (χ2v) is 2.12. The van der Waals surface area contributed by atoms with E-state index in [1.165, 1.54) is 0 Å². The molecule has 0 aliphatic carbocycles. The molecule has 0 saturated carbocycles. The largest absolute Gasteiger partial charge is 0.480 e. The fourth-order valence-corrected chi connectivity index (χ4v) is 0.221. The van der Waals surface area contributed by atoms with Crippen LogP contribution in [0, 0.1) is 0 Å². The molecular formula is C5H14BNO4. The van der Waals surface area contributed by atoms with E-state index >= 15 is 0 Å². The maximum Gasteiger partial charge on any atom is 0.432 e. The first-order valence-corrected chi connectivity index (χ1v) is 3.08. The average Bonchev–Trinajstić information content (AvgIpc) is 1.87. The van der Waals surface area contributed by atoms with Crippen LogP contribution in [0.3, 0.4) is 0 Å². The molecule has 0 aliphatic heterocycles. The molecule has 6 heteroatoms. The van der Waals surface area contributed by atoms with Gasteiger partial charge in [0.15, 0.2) is 0 Å². The first-order chi connectivity index (χ1) is 4.97. The van der Waals surface area contributed by atoms with Crippen LogP contribution < -0.4 is 0 Å². The fraction of sp³-hybridized carbons (Fsp3) is 0.800. The molecule has 0 radical (unpaired) electrons. The molecule has 5 nitrogen and oxygen atoms in total. The highest BCUT2D eigenvalue weighted by atomic mass is 16.4. The van der Waals surface area contributed by atoms with Crippen molar-refractivity contribution in [2.45, 2.75) is 13.0 Å². The van der Waals surface area contributed by atoms with Gasteiger partial charge in [0.25, 0.3) is 0 Å². The summed E-state index contributed by atoms with van der Waals surface area (Å²) in [5.74, 6) is -0.782. The van der Waals surface area contributed by atoms with Gasteiger partial charge >= 0.3 is 13.7 Å². The van der Waals surface area contributed by atoms with Crippen LogP contribution >= 0.6 is 0 Å². The molecule has 0 saturated heterocycles. The summed E-state index contributed by atoms with van der Waals surface area (Å²) in [6, 6.07) is -0.380. The molecule has 0 fully saturated rings. The van der Waals surface area contributed by atoms with Crippen molar-refractivity contribution in [3.63, 3.8) is 0 Å². The monoisotopic (exact) mass is 163 g/mol. The Morgan fingerprint density at radius 1 is 1.45 bits per heavy atom. The quantitative estimate of drug-likeness (QED) is 0.421. The third-order valence-corrected chi connectivity index (χ3v) is 1.13. The maximum atomic E-state index is 10.1. The number of hydrogen-bond donors (Lipinski definition) is 3. The summed E-state index contributed by atoms with van der Waals surface area (Å²) in [7, 11) is 2.72. The van der Waals surface area contributed by atoms with Crippen molar-refractivity contribution in [1.29, 1.82) is 0 Å². The summed E-state index contributed by atoms with van der Waals surface area (Å²) in [5.41, 5.74) is 0. The topological polar surface area (TPSA) is 81.0 Å². The van der Waals surface area contributed by atoms with Crippen molar-refractivity contribution in [2.24, 2.45) is 0 Å². The van der Waals surface area contributed by atoms with Gasteiger partial charge in [-0.1, -0.05) is 0 Å². The molecule has 0 rings (SSSR count). The highest BCUT2D eigenvalue weighted by Crippen LogP contribution is 1.88. The zero-order valence-electron chi connectivity index (χ0n) is 6.98. The molecule has 0 aromatic carbocycles. The Morgan fingerprint density at radius 2 is 1.73 bits per heavy atom. The van der Waals surface area contributed by atoms with Gasteiger partial charge in [-0.15, -0.1) is 0 Å². The second kappa shape index (κ2) is 7.52. The number of rotatable bonds is 2. The summed E-state index contributed by atoms with van der Waals surface area (Å²) in [6.45, 7) is 1.64. The van der Waals surface area contributed by atoms with Crippen LogP contribution in [0.2, 0.25) is 0 Å². The molecule has 1 atom stereocenters. The van der Waals surface area contributed by atoms with Crippen LogP contribution in [0.5, 0.6) is 0 Å². The highest BCUT2D eigenvalue weighted by Gasteiger charge is 2.11. The summed E-state index contributed by atoms with van der Waals surface area (Å²) < 4.78 is 0. The SMILES string of the molecule is CC(C(=O)O)N(C)C.OBO. The number of carbonyl (C=O) groups is 1. The zero-order chi connectivity index (χ0) is 9.44. The Hall–Kier alpha value is -0.585. The van der Waals surface area contributed by atoms with Gasteiger partial charge in [0.05, 0.1) is 0 Å². The van der Waals surface area contributed by atoms with E-state index in [0.717, 1.165) is 0 Å². The van der Waals surface area contributed by atoms with E-state index in [0.29, 0.717) is 0 Å². The predicted molar refractivity (Wildman–Crippen MR) is 42.4 cm³/mol. The number of hydrogen-bond acceptors (Lipinski definition) is 4. The Morgan fingerprint density at radius 3 is 1.73 bits per heavy atom. The van der Waals surface area contributed by atoms with Crippen molar-refractivity contribution in [3.05, 3.63) is 0 Å². The Balaban J connectivity index is 0. The Kier molecular flexibility index (Phi) is 8.91. The lowest BCUT2D eigenvalue weighted by Gasteiger charge is -2.13. The maximum absolute atomic E-state index is 10.1. The van der Waals surface area contributed by atoms with E-state index in [1.54, 1.807) is 25.9 Å². The predicted octanol–water partition coefficient (Wildman–Crippen LogP) is -1.74. The van der Waals surface area contributed by atoms with Crippen LogP contribution in [-0.2, 0) is 4.79 Å². The van der Waals surface area contributed by atoms with Crippen molar-refractivity contribution in [3.8, 4) is 0 Å². The first-order valence-electron chi connectivity index (χ1n) is 3.08. The van der Waals surface area contributed by atoms with Gasteiger partial charge in [-0.3, -0.25) is 9.69 Å². The number of carboxylic acids is 1. The highest BCUT2D eigenvalue weighted by molar-refractivity contribution is 6.13. The van der Waals surface area contributed by atoms with E-state index < -0.39 is 13.7 Å². The minimum absolute atomic E-state index is 0.380. The van der Waals surface area contributed by atoms with Crippen molar-refractivity contribution in [2.75, 3.05) is 14.1 Å². The summed E-state index contributed by atoms with van der Waals surface area (Å²) in [5, 5.41) is 22.6. The third-order valence-electron chi connectivity index (χ3n) is 1.13. The third kappa shape index (κ3) is 9.41. The number of carboxylic acid groups (broad SMARTS) is 1. The molecule has 0 bridgehead atoms. The molecular weight excluding hydrogens is 149 g/mol.